The number of pyridine rings is 1. The molecule has 0 bridgehead atoms. The zero-order valence-electron chi connectivity index (χ0n) is 21.7. The quantitative estimate of drug-likeness (QED) is 0.319. The molecule has 0 aliphatic heterocycles. The normalized spacial score (nSPS) is 13.8. The molecule has 1 aromatic carbocycles. The molecule has 0 aliphatic rings. The topological polar surface area (TPSA) is 107 Å². The number of ether oxygens (including phenoxy) is 1. The van der Waals surface area contributed by atoms with Gasteiger partial charge in [-0.15, -0.1) is 0 Å². The van der Waals surface area contributed by atoms with Crippen LogP contribution in [0.15, 0.2) is 49.2 Å². The first-order valence-corrected chi connectivity index (χ1v) is 12.3. The molecule has 0 saturated heterocycles. The molecule has 0 aliphatic carbocycles. The van der Waals surface area contributed by atoms with Gasteiger partial charge in [-0.05, 0) is 31.2 Å². The summed E-state index contributed by atoms with van der Waals surface area (Å²) >= 11 is 0. The van der Waals surface area contributed by atoms with E-state index < -0.39 is 11.7 Å². The Morgan fingerprint density at radius 3 is 2.73 bits per heavy atom. The van der Waals surface area contributed by atoms with Crippen LogP contribution in [0.1, 0.15) is 55.8 Å². The number of hydrogen-bond acceptors (Lipinski definition) is 7. The molecule has 3 heterocycles. The molecular weight excluding hydrogens is 473 g/mol. The fourth-order valence-electron chi connectivity index (χ4n) is 4.29. The van der Waals surface area contributed by atoms with Gasteiger partial charge in [0.25, 0.3) is 5.91 Å². The molecule has 194 valence electrons. The summed E-state index contributed by atoms with van der Waals surface area (Å²) in [6.45, 7) is 9.36. The average molecular weight is 506 g/mol. The van der Waals surface area contributed by atoms with Crippen molar-refractivity contribution in [2.75, 3.05) is 25.5 Å². The minimum atomic E-state index is -0.635. The number of halogens is 1. The predicted molar refractivity (Wildman–Crippen MR) is 141 cm³/mol. The summed E-state index contributed by atoms with van der Waals surface area (Å²) < 4.78 is 21.8. The van der Waals surface area contributed by atoms with Crippen LogP contribution in [0.25, 0.3) is 22.2 Å². The van der Waals surface area contributed by atoms with E-state index in [2.05, 4.69) is 44.5 Å². The third kappa shape index (κ3) is 5.59. The van der Waals surface area contributed by atoms with Crippen LogP contribution in [0.3, 0.4) is 0 Å². The molecule has 1 amide bonds. The Bertz CT molecular complexity index is 1390. The Kier molecular flexibility index (Phi) is 8.08. The number of aromatic nitrogens is 5. The Labute approximate surface area is 215 Å². The number of anilines is 1. The van der Waals surface area contributed by atoms with Crippen LogP contribution < -0.4 is 10.6 Å². The average Bonchev–Trinajstić information content (AvgIpc) is 3.41. The van der Waals surface area contributed by atoms with Crippen molar-refractivity contribution in [1.29, 1.82) is 0 Å². The second-order valence-electron chi connectivity index (χ2n) is 9.00. The summed E-state index contributed by atoms with van der Waals surface area (Å²) in [7, 11) is 1.49. The number of benzene rings is 1. The molecule has 9 nitrogen and oxygen atoms in total. The number of amides is 1. The highest BCUT2D eigenvalue weighted by molar-refractivity contribution is 6.06. The van der Waals surface area contributed by atoms with Crippen molar-refractivity contribution in [3.05, 3.63) is 66.1 Å². The third-order valence-corrected chi connectivity index (χ3v) is 6.63. The van der Waals surface area contributed by atoms with Crippen molar-refractivity contribution in [3.63, 3.8) is 0 Å². The number of rotatable bonds is 10. The number of para-hydroxylation sites is 1. The second-order valence-corrected chi connectivity index (χ2v) is 9.00. The summed E-state index contributed by atoms with van der Waals surface area (Å²) in [6, 6.07) is 7.44. The lowest BCUT2D eigenvalue weighted by Crippen LogP contribution is -2.21. The zero-order valence-corrected chi connectivity index (χ0v) is 21.7. The van der Waals surface area contributed by atoms with E-state index in [4.69, 9.17) is 4.74 Å². The summed E-state index contributed by atoms with van der Waals surface area (Å²) in [5.41, 5.74) is 3.23. The maximum atomic E-state index is 14.4. The number of carbonyl (C=O) groups is 1. The van der Waals surface area contributed by atoms with Crippen LogP contribution in [0.4, 0.5) is 10.2 Å². The van der Waals surface area contributed by atoms with Crippen LogP contribution >= 0.6 is 0 Å². The second kappa shape index (κ2) is 11.4. The molecule has 4 rings (SSSR count). The van der Waals surface area contributed by atoms with Crippen molar-refractivity contribution in [2.45, 2.75) is 39.8 Å². The first-order valence-electron chi connectivity index (χ1n) is 12.3. The first-order chi connectivity index (χ1) is 17.8. The largest absolute Gasteiger partial charge is 0.370 e. The van der Waals surface area contributed by atoms with Gasteiger partial charge in [0.15, 0.2) is 5.82 Å². The lowest BCUT2D eigenvalue weighted by atomic mass is 9.87. The van der Waals surface area contributed by atoms with Crippen LogP contribution in [-0.2, 0) is 4.74 Å². The van der Waals surface area contributed by atoms with Crippen LogP contribution in [0.2, 0.25) is 0 Å². The smallest absolute Gasteiger partial charge is 0.254 e. The third-order valence-electron chi connectivity index (χ3n) is 6.63. The van der Waals surface area contributed by atoms with Gasteiger partial charge in [0.05, 0.1) is 29.2 Å². The molecule has 0 spiro atoms. The highest BCUT2D eigenvalue weighted by Crippen LogP contribution is 2.32. The van der Waals surface area contributed by atoms with E-state index in [0.717, 1.165) is 23.0 Å². The molecule has 4 aromatic rings. The van der Waals surface area contributed by atoms with E-state index in [1.54, 1.807) is 16.9 Å². The van der Waals surface area contributed by atoms with Gasteiger partial charge in [-0.2, -0.15) is 5.10 Å². The molecule has 2 N–H and O–H groups in total. The van der Waals surface area contributed by atoms with Crippen LogP contribution in [0, 0.1) is 11.7 Å². The number of hydrogen-bond donors (Lipinski definition) is 2. The van der Waals surface area contributed by atoms with Crippen LogP contribution in [-0.4, -0.2) is 50.8 Å². The van der Waals surface area contributed by atoms with Crippen molar-refractivity contribution < 1.29 is 13.9 Å². The molecule has 0 saturated carbocycles. The van der Waals surface area contributed by atoms with Gasteiger partial charge in [-0.3, -0.25) is 9.78 Å². The van der Waals surface area contributed by atoms with Gasteiger partial charge < -0.3 is 15.4 Å². The first kappa shape index (κ1) is 26.2. The van der Waals surface area contributed by atoms with Gasteiger partial charge in [-0.25, -0.2) is 19.0 Å². The molecule has 10 heteroatoms. The van der Waals surface area contributed by atoms with E-state index in [-0.39, 0.29) is 23.6 Å². The van der Waals surface area contributed by atoms with Crippen LogP contribution in [0.5, 0.6) is 0 Å². The maximum absolute atomic E-state index is 14.4. The predicted octanol–water partition coefficient (Wildman–Crippen LogP) is 4.79. The van der Waals surface area contributed by atoms with Crippen molar-refractivity contribution in [1.82, 2.24) is 30.0 Å². The van der Waals surface area contributed by atoms with Gasteiger partial charge in [-0.1, -0.05) is 32.0 Å². The Hall–Kier alpha value is -3.92. The molecule has 2 unspecified atom stereocenters. The van der Waals surface area contributed by atoms with E-state index in [0.29, 0.717) is 29.9 Å². The summed E-state index contributed by atoms with van der Waals surface area (Å²) in [5, 5.41) is 10.8. The number of nitrogens with one attached hydrogen (secondary N) is 2. The van der Waals surface area contributed by atoms with Gasteiger partial charge in [0.2, 0.25) is 0 Å². The standard InChI is InChI=1S/C27H32FN7O2/c1-6-37-18(4)35-14-19(12-34-35)23-10-24(33-15-32-23)30-11-16(2)17(3)20-8-7-9-21-25(27(36)29-5)22(28)13-31-26(20)21/h7-10,12-18H,6,11H2,1-5H3,(H,29,36)(H,30,32,33)/t16-,17?,18?/m1/s1. The summed E-state index contributed by atoms with van der Waals surface area (Å²) in [4.78, 5) is 25.4. The number of carbonyl (C=O) groups excluding carboxylic acids is 1. The highest BCUT2D eigenvalue weighted by atomic mass is 19.1. The molecule has 3 aromatic heterocycles. The SMILES string of the molecule is CCOC(C)n1cc(-c2cc(NC[C@@H](C)C(C)c3cccc4c(C(=O)NC)c(F)cnc34)ncn2)cn1. The lowest BCUT2D eigenvalue weighted by Gasteiger charge is -2.22. The molecule has 0 fully saturated rings. The minimum Gasteiger partial charge on any atom is -0.370 e. The number of nitrogens with zero attached hydrogens (tertiary/aromatic N) is 5. The molecule has 0 radical (unpaired) electrons. The monoisotopic (exact) mass is 505 g/mol. The Balaban J connectivity index is 1.49. The van der Waals surface area contributed by atoms with Gasteiger partial charge in [0, 0.05) is 43.4 Å². The fraction of sp³-hybridized carbons (Fsp3) is 0.370. The van der Waals surface area contributed by atoms with E-state index in [1.165, 1.54) is 13.4 Å². The summed E-state index contributed by atoms with van der Waals surface area (Å²) in [5.74, 6) is -0.152. The Morgan fingerprint density at radius 1 is 1.16 bits per heavy atom. The maximum Gasteiger partial charge on any atom is 0.254 e. The molecular formula is C27H32FN7O2. The van der Waals surface area contributed by atoms with Gasteiger partial charge in [0.1, 0.15) is 18.4 Å². The van der Waals surface area contributed by atoms with E-state index >= 15 is 0 Å². The van der Waals surface area contributed by atoms with Crippen molar-refractivity contribution in [3.8, 4) is 11.3 Å². The summed E-state index contributed by atoms with van der Waals surface area (Å²) in [6.07, 6.45) is 6.15. The highest BCUT2D eigenvalue weighted by Gasteiger charge is 2.22. The van der Waals surface area contributed by atoms with E-state index in [1.807, 2.05) is 38.2 Å². The molecule has 37 heavy (non-hydrogen) atoms. The lowest BCUT2D eigenvalue weighted by molar-refractivity contribution is 0.0160. The molecule has 3 atom stereocenters. The Morgan fingerprint density at radius 2 is 1.97 bits per heavy atom. The zero-order chi connectivity index (χ0) is 26.5. The van der Waals surface area contributed by atoms with Crippen molar-refractivity contribution >= 4 is 22.6 Å². The van der Waals surface area contributed by atoms with E-state index in [9.17, 15) is 9.18 Å². The van der Waals surface area contributed by atoms with Crippen molar-refractivity contribution in [2.24, 2.45) is 5.92 Å². The number of fused-ring (bicyclic) bond motifs is 1. The fourth-order valence-corrected chi connectivity index (χ4v) is 4.29. The minimum absolute atomic E-state index is 0.0137. The van der Waals surface area contributed by atoms with Gasteiger partial charge >= 0.3 is 0 Å².